The van der Waals surface area contributed by atoms with Crippen LogP contribution in [-0.4, -0.2) is 0 Å². The van der Waals surface area contributed by atoms with Crippen molar-refractivity contribution in [2.45, 2.75) is 19.3 Å². The molecule has 0 aromatic rings. The van der Waals surface area contributed by atoms with Crippen molar-refractivity contribution in [2.75, 3.05) is 0 Å². The maximum Gasteiger partial charge on any atom is -0.00447 e. The third kappa shape index (κ3) is 2.45. The Morgan fingerprint density at radius 1 is 0.692 bits per heavy atom. The van der Waals surface area contributed by atoms with E-state index in [9.17, 15) is 0 Å². The molecule has 2 aliphatic rings. The lowest BCUT2D eigenvalue weighted by Gasteiger charge is -2.16. The molecule has 0 saturated heterocycles. The molecule has 68 valence electrons. The maximum atomic E-state index is 2.33. The zero-order valence-electron chi connectivity index (χ0n) is 7.89. The van der Waals surface area contributed by atoms with Crippen LogP contribution in [-0.2, 0) is 0 Å². The molecular weight excluding hydrogens is 156 g/mol. The lowest BCUT2D eigenvalue weighted by Crippen LogP contribution is -2.03. The summed E-state index contributed by atoms with van der Waals surface area (Å²) in [4.78, 5) is 0. The largest absolute Gasteiger partial charge is 0.0842 e. The monoisotopic (exact) mass is 172 g/mol. The fraction of sp³-hybridized carbons (Fsp3) is 0.385. The molecule has 0 aromatic heterocycles. The highest BCUT2D eigenvalue weighted by molar-refractivity contribution is 5.14. The van der Waals surface area contributed by atoms with E-state index < -0.39 is 0 Å². The fourth-order valence-electron chi connectivity index (χ4n) is 1.93. The average Bonchev–Trinajstić information content (AvgIpc) is 2.21. The predicted molar refractivity (Wildman–Crippen MR) is 57.4 cm³/mol. The van der Waals surface area contributed by atoms with Crippen molar-refractivity contribution < 1.29 is 0 Å². The van der Waals surface area contributed by atoms with Gasteiger partial charge in [-0.1, -0.05) is 48.6 Å². The molecular formula is C13H16. The van der Waals surface area contributed by atoms with Crippen LogP contribution in [0.5, 0.6) is 0 Å². The van der Waals surface area contributed by atoms with E-state index in [2.05, 4.69) is 48.6 Å². The van der Waals surface area contributed by atoms with Gasteiger partial charge < -0.3 is 0 Å². The van der Waals surface area contributed by atoms with E-state index in [-0.39, 0.29) is 0 Å². The van der Waals surface area contributed by atoms with E-state index in [1.165, 1.54) is 6.42 Å². The normalized spacial score (nSPS) is 22.8. The molecule has 13 heavy (non-hydrogen) atoms. The molecule has 0 unspecified atom stereocenters. The van der Waals surface area contributed by atoms with Gasteiger partial charge in [0.2, 0.25) is 0 Å². The second-order valence-corrected chi connectivity index (χ2v) is 3.75. The van der Waals surface area contributed by atoms with Crippen molar-refractivity contribution in [1.29, 1.82) is 0 Å². The minimum Gasteiger partial charge on any atom is -0.0842 e. The van der Waals surface area contributed by atoms with Gasteiger partial charge >= 0.3 is 0 Å². The first-order valence-electron chi connectivity index (χ1n) is 5.12. The van der Waals surface area contributed by atoms with Crippen molar-refractivity contribution in [2.24, 2.45) is 11.8 Å². The Balaban J connectivity index is 1.89. The van der Waals surface area contributed by atoms with Gasteiger partial charge in [0.1, 0.15) is 0 Å². The molecule has 2 aliphatic carbocycles. The SMILES string of the molecule is C1=CC(CC2C=CCC=C2)C=CC1. The first-order valence-corrected chi connectivity index (χ1v) is 5.12. The van der Waals surface area contributed by atoms with Gasteiger partial charge in [0, 0.05) is 0 Å². The van der Waals surface area contributed by atoms with Gasteiger partial charge in [-0.05, 0) is 31.1 Å². The lowest BCUT2D eigenvalue weighted by atomic mass is 9.89. The maximum absolute atomic E-state index is 2.33. The van der Waals surface area contributed by atoms with Crippen LogP contribution < -0.4 is 0 Å². The minimum atomic E-state index is 0.658. The molecule has 0 N–H and O–H groups in total. The topological polar surface area (TPSA) is 0 Å². The van der Waals surface area contributed by atoms with E-state index in [1.54, 1.807) is 0 Å². The summed E-state index contributed by atoms with van der Waals surface area (Å²) in [5, 5.41) is 0. The average molecular weight is 172 g/mol. The van der Waals surface area contributed by atoms with Crippen molar-refractivity contribution in [3.8, 4) is 0 Å². The second kappa shape index (κ2) is 4.27. The first-order chi connectivity index (χ1) is 6.45. The quantitative estimate of drug-likeness (QED) is 0.558. The Bertz CT molecular complexity index is 214. The van der Waals surface area contributed by atoms with Crippen LogP contribution in [0.3, 0.4) is 0 Å². The highest BCUT2D eigenvalue weighted by Crippen LogP contribution is 2.22. The summed E-state index contributed by atoms with van der Waals surface area (Å²) in [7, 11) is 0. The summed E-state index contributed by atoms with van der Waals surface area (Å²) in [6.07, 6.45) is 21.8. The standard InChI is InChI=1S/C13H16/c1-3-7-12(8-4-1)11-13-9-5-2-6-10-13/h3-10,12-13H,1-2,11H2. The highest BCUT2D eigenvalue weighted by Gasteiger charge is 2.09. The Morgan fingerprint density at radius 2 is 1.08 bits per heavy atom. The van der Waals surface area contributed by atoms with Gasteiger partial charge in [0.05, 0.1) is 0 Å². The molecule has 0 nitrogen and oxygen atoms in total. The van der Waals surface area contributed by atoms with E-state index in [1.807, 2.05) is 0 Å². The van der Waals surface area contributed by atoms with Crippen molar-refractivity contribution in [1.82, 2.24) is 0 Å². The first kappa shape index (κ1) is 8.55. The van der Waals surface area contributed by atoms with Crippen molar-refractivity contribution >= 4 is 0 Å². The van der Waals surface area contributed by atoms with Crippen LogP contribution in [0.1, 0.15) is 19.3 Å². The summed E-state index contributed by atoms with van der Waals surface area (Å²) in [5.74, 6) is 1.32. The molecule has 0 fully saturated rings. The second-order valence-electron chi connectivity index (χ2n) is 3.75. The predicted octanol–water partition coefficient (Wildman–Crippen LogP) is 3.64. The highest BCUT2D eigenvalue weighted by atomic mass is 14.1. The summed E-state index contributed by atoms with van der Waals surface area (Å²) in [6, 6.07) is 0. The smallest absolute Gasteiger partial charge is 0.00447 e. The molecule has 0 aliphatic heterocycles. The Morgan fingerprint density at radius 3 is 1.46 bits per heavy atom. The van der Waals surface area contributed by atoms with E-state index in [0.717, 1.165) is 12.8 Å². The molecule has 0 radical (unpaired) electrons. The van der Waals surface area contributed by atoms with Crippen LogP contribution in [0.2, 0.25) is 0 Å². The van der Waals surface area contributed by atoms with Crippen molar-refractivity contribution in [3.63, 3.8) is 0 Å². The third-order valence-corrected chi connectivity index (χ3v) is 2.62. The van der Waals surface area contributed by atoms with Crippen LogP contribution in [0.15, 0.2) is 48.6 Å². The van der Waals surface area contributed by atoms with E-state index >= 15 is 0 Å². The zero-order chi connectivity index (χ0) is 8.93. The number of hydrogen-bond donors (Lipinski definition) is 0. The Kier molecular flexibility index (Phi) is 2.81. The Hall–Kier alpha value is -1.04. The van der Waals surface area contributed by atoms with Gasteiger partial charge in [-0.25, -0.2) is 0 Å². The van der Waals surface area contributed by atoms with E-state index in [4.69, 9.17) is 0 Å². The summed E-state index contributed by atoms with van der Waals surface area (Å²) < 4.78 is 0. The molecule has 0 atom stereocenters. The molecule has 0 spiro atoms. The zero-order valence-corrected chi connectivity index (χ0v) is 7.89. The van der Waals surface area contributed by atoms with Crippen LogP contribution in [0.25, 0.3) is 0 Å². The number of allylic oxidation sites excluding steroid dienone is 8. The molecule has 0 heterocycles. The van der Waals surface area contributed by atoms with Gasteiger partial charge in [-0.2, -0.15) is 0 Å². The fourth-order valence-corrected chi connectivity index (χ4v) is 1.93. The molecule has 0 bridgehead atoms. The Labute approximate surface area is 80.3 Å². The molecule has 0 heteroatoms. The number of hydrogen-bond acceptors (Lipinski definition) is 0. The van der Waals surface area contributed by atoms with Crippen LogP contribution in [0.4, 0.5) is 0 Å². The minimum absolute atomic E-state index is 0.658. The van der Waals surface area contributed by atoms with Gasteiger partial charge in [-0.15, -0.1) is 0 Å². The van der Waals surface area contributed by atoms with Gasteiger partial charge in [0.15, 0.2) is 0 Å². The summed E-state index contributed by atoms with van der Waals surface area (Å²) in [5.41, 5.74) is 0. The van der Waals surface area contributed by atoms with E-state index in [0.29, 0.717) is 11.8 Å². The van der Waals surface area contributed by atoms with Gasteiger partial charge in [0.25, 0.3) is 0 Å². The van der Waals surface area contributed by atoms with Crippen LogP contribution >= 0.6 is 0 Å². The summed E-state index contributed by atoms with van der Waals surface area (Å²) in [6.45, 7) is 0. The lowest BCUT2D eigenvalue weighted by molar-refractivity contribution is 0.615. The molecule has 0 aromatic carbocycles. The molecule has 0 amide bonds. The van der Waals surface area contributed by atoms with Crippen molar-refractivity contribution in [3.05, 3.63) is 48.6 Å². The summed E-state index contributed by atoms with van der Waals surface area (Å²) >= 11 is 0. The van der Waals surface area contributed by atoms with Gasteiger partial charge in [-0.3, -0.25) is 0 Å². The van der Waals surface area contributed by atoms with Crippen LogP contribution in [0, 0.1) is 11.8 Å². The molecule has 0 saturated carbocycles. The number of rotatable bonds is 2. The molecule has 2 rings (SSSR count). The third-order valence-electron chi connectivity index (χ3n) is 2.62.